The van der Waals surface area contributed by atoms with Crippen LogP contribution in [0.5, 0.6) is 0 Å². The number of rotatable bonds is 2. The maximum Gasteiger partial charge on any atom is 0.252 e. The first kappa shape index (κ1) is 12.0. The molecule has 2 rings (SSSR count). The molecular formula is C10H16N2O2S2. The third-order valence-corrected chi connectivity index (χ3v) is 6.18. The van der Waals surface area contributed by atoms with Crippen LogP contribution in [0.25, 0.3) is 0 Å². The van der Waals surface area contributed by atoms with E-state index in [1.807, 2.05) is 6.92 Å². The summed E-state index contributed by atoms with van der Waals surface area (Å²) in [4.78, 5) is 0. The summed E-state index contributed by atoms with van der Waals surface area (Å²) < 4.78 is 26.7. The molecule has 1 aromatic rings. The fourth-order valence-electron chi connectivity index (χ4n) is 1.87. The van der Waals surface area contributed by atoms with Gasteiger partial charge in [-0.25, -0.2) is 8.42 Å². The van der Waals surface area contributed by atoms with E-state index < -0.39 is 10.0 Å². The van der Waals surface area contributed by atoms with Crippen molar-refractivity contribution < 1.29 is 8.42 Å². The van der Waals surface area contributed by atoms with Gasteiger partial charge in [-0.2, -0.15) is 4.31 Å². The molecule has 1 N–H and O–H groups in total. The predicted octanol–water partition coefficient (Wildman–Crippen LogP) is 1.12. The molecule has 0 bridgehead atoms. The van der Waals surface area contributed by atoms with Crippen LogP contribution in [0.15, 0.2) is 21.7 Å². The highest BCUT2D eigenvalue weighted by molar-refractivity contribution is 7.91. The Labute approximate surface area is 100 Å². The van der Waals surface area contributed by atoms with E-state index in [0.717, 1.165) is 19.5 Å². The minimum Gasteiger partial charge on any atom is -0.315 e. The lowest BCUT2D eigenvalue weighted by atomic mass is 10.2. The third-order valence-electron chi connectivity index (χ3n) is 2.80. The molecule has 6 heteroatoms. The molecule has 1 unspecified atom stereocenters. The molecule has 0 saturated carbocycles. The van der Waals surface area contributed by atoms with Gasteiger partial charge >= 0.3 is 0 Å². The van der Waals surface area contributed by atoms with Gasteiger partial charge in [0.2, 0.25) is 0 Å². The van der Waals surface area contributed by atoms with Gasteiger partial charge in [-0.1, -0.05) is 6.07 Å². The van der Waals surface area contributed by atoms with Crippen molar-refractivity contribution in [3.63, 3.8) is 0 Å². The van der Waals surface area contributed by atoms with Crippen molar-refractivity contribution in [2.45, 2.75) is 23.6 Å². The Morgan fingerprint density at radius 2 is 2.31 bits per heavy atom. The Morgan fingerprint density at radius 3 is 3.00 bits per heavy atom. The first-order valence-corrected chi connectivity index (χ1v) is 7.70. The Bertz CT molecular complexity index is 428. The van der Waals surface area contributed by atoms with Gasteiger partial charge in [-0.05, 0) is 31.3 Å². The van der Waals surface area contributed by atoms with E-state index in [4.69, 9.17) is 0 Å². The number of sulfonamides is 1. The molecule has 16 heavy (non-hydrogen) atoms. The molecule has 1 aromatic heterocycles. The zero-order valence-electron chi connectivity index (χ0n) is 9.22. The van der Waals surface area contributed by atoms with Crippen molar-refractivity contribution in [1.82, 2.24) is 9.62 Å². The Morgan fingerprint density at radius 1 is 1.50 bits per heavy atom. The van der Waals surface area contributed by atoms with Crippen molar-refractivity contribution >= 4 is 21.4 Å². The second-order valence-corrected chi connectivity index (χ2v) is 7.00. The highest BCUT2D eigenvalue weighted by Crippen LogP contribution is 2.23. The summed E-state index contributed by atoms with van der Waals surface area (Å²) in [5.41, 5.74) is 0. The molecule has 4 nitrogen and oxygen atoms in total. The van der Waals surface area contributed by atoms with Crippen LogP contribution in [0.3, 0.4) is 0 Å². The Hall–Kier alpha value is -0.430. The average Bonchev–Trinajstić information content (AvgIpc) is 2.69. The van der Waals surface area contributed by atoms with Crippen LogP contribution < -0.4 is 5.32 Å². The van der Waals surface area contributed by atoms with Gasteiger partial charge in [0.15, 0.2) is 0 Å². The Balaban J connectivity index is 2.28. The third kappa shape index (κ3) is 2.29. The summed E-state index contributed by atoms with van der Waals surface area (Å²) in [5.74, 6) is 0. The summed E-state index contributed by atoms with van der Waals surface area (Å²) >= 11 is 1.28. The summed E-state index contributed by atoms with van der Waals surface area (Å²) in [6, 6.07) is 3.52. The SMILES string of the molecule is CC1CCNCCN1S(=O)(=O)c1cccs1. The van der Waals surface area contributed by atoms with Crippen molar-refractivity contribution in [1.29, 1.82) is 0 Å². The number of nitrogens with one attached hydrogen (secondary N) is 1. The zero-order valence-corrected chi connectivity index (χ0v) is 10.9. The van der Waals surface area contributed by atoms with Gasteiger partial charge in [0.05, 0.1) is 0 Å². The molecule has 1 atom stereocenters. The summed E-state index contributed by atoms with van der Waals surface area (Å²) in [6.45, 7) is 4.14. The Kier molecular flexibility index (Phi) is 3.63. The van der Waals surface area contributed by atoms with Crippen LogP contribution >= 0.6 is 11.3 Å². The lowest BCUT2D eigenvalue weighted by Crippen LogP contribution is -2.39. The van der Waals surface area contributed by atoms with Crippen LogP contribution in [0.1, 0.15) is 13.3 Å². The van der Waals surface area contributed by atoms with Crippen LogP contribution in [0.4, 0.5) is 0 Å². The van der Waals surface area contributed by atoms with Gasteiger partial charge in [0.25, 0.3) is 10.0 Å². The summed E-state index contributed by atoms with van der Waals surface area (Å²) in [5, 5.41) is 5.02. The van der Waals surface area contributed by atoms with E-state index in [9.17, 15) is 8.42 Å². The number of hydrogen-bond acceptors (Lipinski definition) is 4. The number of nitrogens with zero attached hydrogens (tertiary/aromatic N) is 1. The second-order valence-electron chi connectivity index (χ2n) is 3.94. The zero-order chi connectivity index (χ0) is 11.6. The fraction of sp³-hybridized carbons (Fsp3) is 0.600. The number of thiophene rings is 1. The lowest BCUT2D eigenvalue weighted by Gasteiger charge is -2.24. The molecule has 1 saturated heterocycles. The monoisotopic (exact) mass is 260 g/mol. The number of hydrogen-bond donors (Lipinski definition) is 1. The van der Waals surface area contributed by atoms with E-state index in [1.54, 1.807) is 21.8 Å². The first-order chi connectivity index (χ1) is 7.62. The van der Waals surface area contributed by atoms with Gasteiger partial charge in [0.1, 0.15) is 4.21 Å². The van der Waals surface area contributed by atoms with Crippen molar-refractivity contribution in [2.75, 3.05) is 19.6 Å². The van der Waals surface area contributed by atoms with Crippen molar-refractivity contribution in [3.05, 3.63) is 17.5 Å². The quantitative estimate of drug-likeness (QED) is 0.867. The van der Waals surface area contributed by atoms with Crippen LogP contribution in [-0.4, -0.2) is 38.4 Å². The van der Waals surface area contributed by atoms with Gasteiger partial charge in [0, 0.05) is 19.1 Å². The standard InChI is InChI=1S/C10H16N2O2S2/c1-9-4-5-11-6-7-12(9)16(13,14)10-3-2-8-15-10/h2-3,8-9,11H,4-7H2,1H3. The van der Waals surface area contributed by atoms with E-state index >= 15 is 0 Å². The lowest BCUT2D eigenvalue weighted by molar-refractivity contribution is 0.351. The van der Waals surface area contributed by atoms with Gasteiger partial charge in [-0.15, -0.1) is 11.3 Å². The van der Waals surface area contributed by atoms with Crippen LogP contribution in [0, 0.1) is 0 Å². The second kappa shape index (κ2) is 4.83. The molecule has 90 valence electrons. The minimum absolute atomic E-state index is 0.0714. The van der Waals surface area contributed by atoms with Crippen molar-refractivity contribution in [2.24, 2.45) is 0 Å². The fourth-order valence-corrected chi connectivity index (χ4v) is 4.65. The summed E-state index contributed by atoms with van der Waals surface area (Å²) in [6.07, 6.45) is 0.866. The molecule has 0 aromatic carbocycles. The van der Waals surface area contributed by atoms with Gasteiger partial charge < -0.3 is 5.32 Å². The van der Waals surface area contributed by atoms with Crippen LogP contribution in [-0.2, 0) is 10.0 Å². The largest absolute Gasteiger partial charge is 0.315 e. The summed E-state index contributed by atoms with van der Waals surface area (Å²) in [7, 11) is -3.28. The molecule has 1 aliphatic heterocycles. The molecule has 0 radical (unpaired) electrons. The molecule has 0 aliphatic carbocycles. The molecule has 0 spiro atoms. The molecule has 1 fully saturated rings. The highest BCUT2D eigenvalue weighted by atomic mass is 32.2. The van der Waals surface area contributed by atoms with E-state index in [-0.39, 0.29) is 6.04 Å². The maximum absolute atomic E-state index is 12.3. The van der Waals surface area contributed by atoms with E-state index in [2.05, 4.69) is 5.32 Å². The molecule has 0 amide bonds. The predicted molar refractivity (Wildman–Crippen MR) is 65.2 cm³/mol. The normalized spacial score (nSPS) is 24.2. The minimum atomic E-state index is -3.28. The van der Waals surface area contributed by atoms with Crippen LogP contribution in [0.2, 0.25) is 0 Å². The van der Waals surface area contributed by atoms with Crippen molar-refractivity contribution in [3.8, 4) is 0 Å². The van der Waals surface area contributed by atoms with Gasteiger partial charge in [-0.3, -0.25) is 0 Å². The van der Waals surface area contributed by atoms with E-state index in [0.29, 0.717) is 10.8 Å². The molecule has 2 heterocycles. The molecule has 1 aliphatic rings. The first-order valence-electron chi connectivity index (χ1n) is 5.38. The van der Waals surface area contributed by atoms with E-state index in [1.165, 1.54) is 11.3 Å². The highest BCUT2D eigenvalue weighted by Gasteiger charge is 2.30. The maximum atomic E-state index is 12.3. The average molecular weight is 260 g/mol. The topological polar surface area (TPSA) is 49.4 Å². The molecular weight excluding hydrogens is 244 g/mol. The smallest absolute Gasteiger partial charge is 0.252 e.